The van der Waals surface area contributed by atoms with Crippen molar-refractivity contribution in [3.63, 3.8) is 0 Å². The molecule has 0 spiro atoms. The topological polar surface area (TPSA) is 57.0 Å². The number of nitrogen functional groups attached to an aromatic ring is 1. The molecule has 7 heteroatoms. The smallest absolute Gasteiger partial charge is 0.416 e. The van der Waals surface area contributed by atoms with Crippen molar-refractivity contribution in [3.05, 3.63) is 47.4 Å². The molecule has 2 aromatic heterocycles. The largest absolute Gasteiger partial charge is 0.464 e. The Morgan fingerprint density at radius 2 is 2.00 bits per heavy atom. The summed E-state index contributed by atoms with van der Waals surface area (Å²) >= 11 is 0. The molecule has 4 nitrogen and oxygen atoms in total. The van der Waals surface area contributed by atoms with Crippen molar-refractivity contribution < 1.29 is 17.6 Å². The van der Waals surface area contributed by atoms with Crippen molar-refractivity contribution >= 4 is 17.0 Å². The molecule has 0 atom stereocenters. The van der Waals surface area contributed by atoms with E-state index in [1.54, 1.807) is 10.6 Å². The zero-order valence-electron chi connectivity index (χ0n) is 11.1. The van der Waals surface area contributed by atoms with Gasteiger partial charge in [-0.25, -0.2) is 4.98 Å². The highest BCUT2D eigenvalue weighted by Gasteiger charge is 2.31. The van der Waals surface area contributed by atoms with Crippen LogP contribution in [0, 0.1) is 6.92 Å². The van der Waals surface area contributed by atoms with E-state index in [1.807, 2.05) is 13.0 Å². The maximum atomic E-state index is 12.7. The first-order valence-corrected chi connectivity index (χ1v) is 6.23. The summed E-state index contributed by atoms with van der Waals surface area (Å²) in [6, 6.07) is 7.00. The van der Waals surface area contributed by atoms with E-state index >= 15 is 0 Å². The summed E-state index contributed by atoms with van der Waals surface area (Å²) in [6.45, 7) is 2.13. The van der Waals surface area contributed by atoms with Crippen LogP contribution in [0.25, 0.3) is 11.0 Å². The van der Waals surface area contributed by atoms with E-state index in [0.29, 0.717) is 17.8 Å². The molecular formula is C14H12F3N3O. The second-order valence-electron chi connectivity index (χ2n) is 4.77. The van der Waals surface area contributed by atoms with Gasteiger partial charge in [0.05, 0.1) is 23.1 Å². The molecule has 0 saturated heterocycles. The maximum absolute atomic E-state index is 12.7. The van der Waals surface area contributed by atoms with Gasteiger partial charge in [-0.15, -0.1) is 0 Å². The lowest BCUT2D eigenvalue weighted by molar-refractivity contribution is -0.137. The fraction of sp³-hybridized carbons (Fsp3) is 0.214. The fourth-order valence-electron chi connectivity index (χ4n) is 2.22. The van der Waals surface area contributed by atoms with Gasteiger partial charge >= 0.3 is 6.18 Å². The number of aromatic nitrogens is 2. The molecule has 0 bridgehead atoms. The monoisotopic (exact) mass is 295 g/mol. The minimum absolute atomic E-state index is 0.151. The first-order valence-electron chi connectivity index (χ1n) is 6.23. The highest BCUT2D eigenvalue weighted by molar-refractivity contribution is 5.79. The number of fused-ring (bicyclic) bond motifs is 1. The molecule has 0 radical (unpaired) electrons. The molecule has 0 unspecified atom stereocenters. The number of furan rings is 1. The van der Waals surface area contributed by atoms with Crippen LogP contribution < -0.4 is 5.73 Å². The van der Waals surface area contributed by atoms with Crippen LogP contribution in [0.1, 0.15) is 17.1 Å². The minimum Gasteiger partial charge on any atom is -0.464 e. The average molecular weight is 295 g/mol. The van der Waals surface area contributed by atoms with Crippen LogP contribution in [0.2, 0.25) is 0 Å². The van der Waals surface area contributed by atoms with Crippen molar-refractivity contribution in [1.29, 1.82) is 0 Å². The Morgan fingerprint density at radius 1 is 1.24 bits per heavy atom. The second-order valence-corrected chi connectivity index (χ2v) is 4.77. The number of halogens is 3. The Labute approximate surface area is 118 Å². The number of hydrogen-bond donors (Lipinski definition) is 1. The van der Waals surface area contributed by atoms with E-state index in [4.69, 9.17) is 10.2 Å². The minimum atomic E-state index is -4.40. The van der Waals surface area contributed by atoms with Crippen LogP contribution in [0.5, 0.6) is 0 Å². The normalized spacial score (nSPS) is 12.2. The second kappa shape index (κ2) is 4.54. The molecule has 0 fully saturated rings. The summed E-state index contributed by atoms with van der Waals surface area (Å²) < 4.78 is 45.1. The van der Waals surface area contributed by atoms with Gasteiger partial charge in [0.15, 0.2) is 0 Å². The van der Waals surface area contributed by atoms with Gasteiger partial charge in [-0.1, -0.05) is 0 Å². The number of alkyl halides is 3. The van der Waals surface area contributed by atoms with Gasteiger partial charge in [-0.3, -0.25) is 0 Å². The number of benzene rings is 1. The SMILES string of the molecule is Cc1ccc(Cn2c(N)nc3cc(C(F)(F)F)ccc32)o1. The number of nitrogens with zero attached hydrogens (tertiary/aromatic N) is 2. The Hall–Kier alpha value is -2.44. The maximum Gasteiger partial charge on any atom is 0.416 e. The van der Waals surface area contributed by atoms with E-state index in [-0.39, 0.29) is 11.5 Å². The molecule has 21 heavy (non-hydrogen) atoms. The number of nitrogens with two attached hydrogens (primary N) is 1. The molecule has 0 aliphatic rings. The quantitative estimate of drug-likeness (QED) is 0.786. The van der Waals surface area contributed by atoms with Gasteiger partial charge in [-0.05, 0) is 37.3 Å². The first-order chi connectivity index (χ1) is 9.84. The molecular weight excluding hydrogens is 283 g/mol. The molecule has 2 N–H and O–H groups in total. The van der Waals surface area contributed by atoms with Gasteiger partial charge < -0.3 is 14.7 Å². The van der Waals surface area contributed by atoms with Crippen LogP contribution in [-0.4, -0.2) is 9.55 Å². The molecule has 3 rings (SSSR count). The highest BCUT2D eigenvalue weighted by atomic mass is 19.4. The standard InChI is InChI=1S/C14H12F3N3O/c1-8-2-4-10(21-8)7-20-12-5-3-9(14(15,16)17)6-11(12)19-13(20)18/h2-6H,7H2,1H3,(H2,18,19). The summed E-state index contributed by atoms with van der Waals surface area (Å²) in [7, 11) is 0. The number of aryl methyl sites for hydroxylation is 1. The molecule has 0 aliphatic heterocycles. The van der Waals surface area contributed by atoms with Gasteiger partial charge in [0.2, 0.25) is 5.95 Å². The third-order valence-corrected chi connectivity index (χ3v) is 3.22. The summed E-state index contributed by atoms with van der Waals surface area (Å²) in [5.74, 6) is 1.57. The summed E-state index contributed by atoms with van der Waals surface area (Å²) in [5.41, 5.74) is 5.80. The van der Waals surface area contributed by atoms with Crippen molar-refractivity contribution in [3.8, 4) is 0 Å². The third kappa shape index (κ3) is 2.46. The van der Waals surface area contributed by atoms with Gasteiger partial charge in [0.25, 0.3) is 0 Å². The average Bonchev–Trinajstić information content (AvgIpc) is 2.93. The van der Waals surface area contributed by atoms with Gasteiger partial charge in [0, 0.05) is 0 Å². The molecule has 110 valence electrons. The lowest BCUT2D eigenvalue weighted by Crippen LogP contribution is -2.05. The molecule has 3 aromatic rings. The zero-order chi connectivity index (χ0) is 15.2. The summed E-state index contributed by atoms with van der Waals surface area (Å²) in [6.07, 6.45) is -4.40. The summed E-state index contributed by atoms with van der Waals surface area (Å²) in [5, 5.41) is 0. The van der Waals surface area contributed by atoms with Gasteiger partial charge in [-0.2, -0.15) is 13.2 Å². The Morgan fingerprint density at radius 3 is 2.62 bits per heavy atom. The molecule has 0 aliphatic carbocycles. The van der Waals surface area contributed by atoms with Crippen LogP contribution >= 0.6 is 0 Å². The number of anilines is 1. The summed E-state index contributed by atoms with van der Waals surface area (Å²) in [4.78, 5) is 3.99. The van der Waals surface area contributed by atoms with E-state index in [2.05, 4.69) is 4.98 Å². The van der Waals surface area contributed by atoms with E-state index in [0.717, 1.165) is 17.9 Å². The molecule has 0 amide bonds. The lowest BCUT2D eigenvalue weighted by atomic mass is 10.2. The Kier molecular flexibility index (Phi) is 2.93. The van der Waals surface area contributed by atoms with Crippen molar-refractivity contribution in [2.75, 3.05) is 5.73 Å². The van der Waals surface area contributed by atoms with E-state index in [1.165, 1.54) is 6.07 Å². The Bertz CT molecular complexity index is 801. The number of rotatable bonds is 2. The molecule has 2 heterocycles. The third-order valence-electron chi connectivity index (χ3n) is 3.22. The first kappa shape index (κ1) is 13.5. The van der Waals surface area contributed by atoms with Crippen LogP contribution in [0.15, 0.2) is 34.7 Å². The highest BCUT2D eigenvalue weighted by Crippen LogP contribution is 2.32. The fourth-order valence-corrected chi connectivity index (χ4v) is 2.22. The van der Waals surface area contributed by atoms with Crippen LogP contribution in [-0.2, 0) is 12.7 Å². The number of hydrogen-bond acceptors (Lipinski definition) is 3. The predicted octanol–water partition coefficient (Wildman–Crippen LogP) is 3.59. The van der Waals surface area contributed by atoms with Crippen molar-refractivity contribution in [2.45, 2.75) is 19.6 Å². The van der Waals surface area contributed by atoms with Crippen LogP contribution in [0.3, 0.4) is 0 Å². The van der Waals surface area contributed by atoms with Gasteiger partial charge in [0.1, 0.15) is 11.5 Å². The zero-order valence-corrected chi connectivity index (χ0v) is 11.1. The molecule has 0 saturated carbocycles. The van der Waals surface area contributed by atoms with Crippen LogP contribution in [0.4, 0.5) is 19.1 Å². The molecule has 1 aromatic carbocycles. The van der Waals surface area contributed by atoms with E-state index < -0.39 is 11.7 Å². The van der Waals surface area contributed by atoms with E-state index in [9.17, 15) is 13.2 Å². The predicted molar refractivity (Wildman–Crippen MR) is 71.7 cm³/mol. The number of imidazole rings is 1. The Balaban J connectivity index is 2.05. The van der Waals surface area contributed by atoms with Crippen molar-refractivity contribution in [2.24, 2.45) is 0 Å². The lowest BCUT2D eigenvalue weighted by Gasteiger charge is -2.07. The van der Waals surface area contributed by atoms with Crippen molar-refractivity contribution in [1.82, 2.24) is 9.55 Å².